The van der Waals surface area contributed by atoms with Crippen LogP contribution in [0.15, 0.2) is 16.5 Å². The summed E-state index contributed by atoms with van der Waals surface area (Å²) in [7, 11) is 0. The zero-order valence-corrected chi connectivity index (χ0v) is 11.8. The van der Waals surface area contributed by atoms with Gasteiger partial charge in [-0.2, -0.15) is 11.8 Å². The van der Waals surface area contributed by atoms with Crippen LogP contribution < -0.4 is 5.32 Å². The fraction of sp³-hybridized carbons (Fsp3) is 0.692. The van der Waals surface area contributed by atoms with E-state index in [4.69, 9.17) is 9.52 Å². The molecule has 3 nitrogen and oxygen atoms in total. The number of hydrogen-bond acceptors (Lipinski definition) is 4. The molecule has 0 bridgehead atoms. The molecule has 1 aromatic rings. The fourth-order valence-corrected chi connectivity index (χ4v) is 2.11. The Labute approximate surface area is 108 Å². The first-order valence-corrected chi connectivity index (χ1v) is 7.45. The van der Waals surface area contributed by atoms with Crippen molar-refractivity contribution < 1.29 is 9.52 Å². The molecule has 0 saturated heterocycles. The van der Waals surface area contributed by atoms with E-state index in [1.807, 2.05) is 12.1 Å². The summed E-state index contributed by atoms with van der Waals surface area (Å²) in [6, 6.07) is 4.05. The maximum atomic E-state index is 9.04. The average molecular weight is 257 g/mol. The monoisotopic (exact) mass is 257 g/mol. The summed E-state index contributed by atoms with van der Waals surface area (Å²) in [5.74, 6) is 2.91. The van der Waals surface area contributed by atoms with Crippen LogP contribution in [0.4, 0.5) is 0 Å². The standard InChI is InChI=1S/C13H23NO2S/c1-4-13(2,7-8-15)14-9-11-5-6-12(16-11)10-17-3/h5-6,14-15H,4,7-10H2,1-3H3. The Balaban J connectivity index is 2.47. The van der Waals surface area contributed by atoms with Gasteiger partial charge in [-0.15, -0.1) is 0 Å². The predicted octanol–water partition coefficient (Wildman–Crippen LogP) is 2.78. The van der Waals surface area contributed by atoms with E-state index in [2.05, 4.69) is 25.4 Å². The molecule has 98 valence electrons. The number of thioether (sulfide) groups is 1. The zero-order valence-electron chi connectivity index (χ0n) is 11.0. The van der Waals surface area contributed by atoms with Crippen LogP contribution in [0.3, 0.4) is 0 Å². The first-order chi connectivity index (χ1) is 8.13. The number of nitrogens with one attached hydrogen (secondary N) is 1. The molecule has 0 saturated carbocycles. The lowest BCUT2D eigenvalue weighted by atomic mass is 9.95. The molecule has 0 aliphatic carbocycles. The Hall–Kier alpha value is -0.450. The van der Waals surface area contributed by atoms with Gasteiger partial charge in [-0.25, -0.2) is 0 Å². The number of rotatable bonds is 8. The minimum absolute atomic E-state index is 0.0127. The topological polar surface area (TPSA) is 45.4 Å². The quantitative estimate of drug-likeness (QED) is 0.751. The molecule has 1 unspecified atom stereocenters. The molecule has 0 spiro atoms. The highest BCUT2D eigenvalue weighted by Gasteiger charge is 2.20. The van der Waals surface area contributed by atoms with Crippen LogP contribution in [-0.2, 0) is 12.3 Å². The second-order valence-electron chi connectivity index (χ2n) is 4.54. The maximum absolute atomic E-state index is 9.04. The lowest BCUT2D eigenvalue weighted by Crippen LogP contribution is -2.41. The van der Waals surface area contributed by atoms with Crippen molar-refractivity contribution in [1.29, 1.82) is 0 Å². The van der Waals surface area contributed by atoms with Gasteiger partial charge in [0.15, 0.2) is 0 Å². The van der Waals surface area contributed by atoms with Gasteiger partial charge in [-0.3, -0.25) is 0 Å². The number of aliphatic hydroxyl groups excluding tert-OH is 1. The molecule has 0 aliphatic rings. The summed E-state index contributed by atoms with van der Waals surface area (Å²) in [6.07, 6.45) is 3.82. The second kappa shape index (κ2) is 7.09. The highest BCUT2D eigenvalue weighted by Crippen LogP contribution is 2.17. The Bertz CT molecular complexity index is 327. The van der Waals surface area contributed by atoms with Crippen LogP contribution in [0.1, 0.15) is 38.2 Å². The maximum Gasteiger partial charge on any atom is 0.118 e. The fourth-order valence-electron chi connectivity index (χ4n) is 1.67. The van der Waals surface area contributed by atoms with Gasteiger partial charge in [0.05, 0.1) is 12.3 Å². The van der Waals surface area contributed by atoms with Gasteiger partial charge in [0.2, 0.25) is 0 Å². The number of hydrogen-bond donors (Lipinski definition) is 2. The lowest BCUT2D eigenvalue weighted by molar-refractivity contribution is 0.211. The van der Waals surface area contributed by atoms with Crippen molar-refractivity contribution in [3.05, 3.63) is 23.7 Å². The van der Waals surface area contributed by atoms with E-state index in [-0.39, 0.29) is 12.1 Å². The van der Waals surface area contributed by atoms with Crippen molar-refractivity contribution >= 4 is 11.8 Å². The molecule has 0 aliphatic heterocycles. The highest BCUT2D eigenvalue weighted by atomic mass is 32.2. The van der Waals surface area contributed by atoms with E-state index < -0.39 is 0 Å². The van der Waals surface area contributed by atoms with Crippen molar-refractivity contribution in [2.24, 2.45) is 0 Å². The summed E-state index contributed by atoms with van der Waals surface area (Å²) >= 11 is 1.76. The molecular weight excluding hydrogens is 234 g/mol. The van der Waals surface area contributed by atoms with Gasteiger partial charge in [0.1, 0.15) is 11.5 Å². The lowest BCUT2D eigenvalue weighted by Gasteiger charge is -2.28. The van der Waals surface area contributed by atoms with Gasteiger partial charge in [0.25, 0.3) is 0 Å². The van der Waals surface area contributed by atoms with Gasteiger partial charge in [0, 0.05) is 12.1 Å². The Morgan fingerprint density at radius 2 is 2.12 bits per heavy atom. The number of furan rings is 1. The van der Waals surface area contributed by atoms with Crippen molar-refractivity contribution in [1.82, 2.24) is 5.32 Å². The smallest absolute Gasteiger partial charge is 0.118 e. The van der Waals surface area contributed by atoms with Crippen LogP contribution in [-0.4, -0.2) is 23.5 Å². The van der Waals surface area contributed by atoms with Crippen molar-refractivity contribution in [2.45, 2.75) is 44.5 Å². The molecule has 4 heteroatoms. The third-order valence-electron chi connectivity index (χ3n) is 3.14. The minimum Gasteiger partial charge on any atom is -0.464 e. The summed E-state index contributed by atoms with van der Waals surface area (Å²) in [5.41, 5.74) is -0.0127. The summed E-state index contributed by atoms with van der Waals surface area (Å²) in [4.78, 5) is 0. The van der Waals surface area contributed by atoms with E-state index in [0.29, 0.717) is 0 Å². The zero-order chi connectivity index (χ0) is 12.7. The van der Waals surface area contributed by atoms with Crippen LogP contribution in [0.2, 0.25) is 0 Å². The van der Waals surface area contributed by atoms with E-state index in [1.54, 1.807) is 11.8 Å². The third-order valence-corrected chi connectivity index (χ3v) is 3.71. The van der Waals surface area contributed by atoms with Crippen LogP contribution in [0, 0.1) is 0 Å². The van der Waals surface area contributed by atoms with Gasteiger partial charge < -0.3 is 14.8 Å². The normalized spacial score (nSPS) is 14.8. The van der Waals surface area contributed by atoms with Gasteiger partial charge >= 0.3 is 0 Å². The third kappa shape index (κ3) is 4.74. The molecule has 0 aromatic carbocycles. The SMILES string of the molecule is CCC(C)(CCO)NCc1ccc(CSC)o1. The molecule has 2 N–H and O–H groups in total. The Morgan fingerprint density at radius 1 is 1.41 bits per heavy atom. The van der Waals surface area contributed by atoms with Crippen molar-refractivity contribution in [2.75, 3.05) is 12.9 Å². The second-order valence-corrected chi connectivity index (χ2v) is 5.41. The first kappa shape index (κ1) is 14.6. The van der Waals surface area contributed by atoms with E-state index in [1.165, 1.54) is 0 Å². The van der Waals surface area contributed by atoms with Crippen LogP contribution in [0.5, 0.6) is 0 Å². The molecular formula is C13H23NO2S. The molecule has 0 fully saturated rings. The Morgan fingerprint density at radius 3 is 2.71 bits per heavy atom. The largest absolute Gasteiger partial charge is 0.464 e. The molecule has 1 atom stereocenters. The van der Waals surface area contributed by atoms with Gasteiger partial charge in [-0.1, -0.05) is 6.92 Å². The van der Waals surface area contributed by atoms with Crippen molar-refractivity contribution in [3.8, 4) is 0 Å². The van der Waals surface area contributed by atoms with Gasteiger partial charge in [-0.05, 0) is 38.2 Å². The highest BCUT2D eigenvalue weighted by molar-refractivity contribution is 7.97. The summed E-state index contributed by atoms with van der Waals surface area (Å²) in [6.45, 7) is 5.20. The average Bonchev–Trinajstić information content (AvgIpc) is 2.75. The minimum atomic E-state index is -0.0127. The van der Waals surface area contributed by atoms with E-state index >= 15 is 0 Å². The summed E-state index contributed by atoms with van der Waals surface area (Å²) in [5, 5.41) is 12.5. The van der Waals surface area contributed by atoms with Crippen LogP contribution >= 0.6 is 11.8 Å². The number of aliphatic hydroxyl groups is 1. The predicted molar refractivity (Wildman–Crippen MR) is 73.2 cm³/mol. The van der Waals surface area contributed by atoms with E-state index in [0.717, 1.165) is 36.7 Å². The molecule has 17 heavy (non-hydrogen) atoms. The Kier molecular flexibility index (Phi) is 6.09. The molecule has 1 aromatic heterocycles. The molecule has 0 radical (unpaired) electrons. The summed E-state index contributed by atoms with van der Waals surface area (Å²) < 4.78 is 5.70. The van der Waals surface area contributed by atoms with Crippen LogP contribution in [0.25, 0.3) is 0 Å². The van der Waals surface area contributed by atoms with E-state index in [9.17, 15) is 0 Å². The van der Waals surface area contributed by atoms with Crippen molar-refractivity contribution in [3.63, 3.8) is 0 Å². The first-order valence-electron chi connectivity index (χ1n) is 6.06. The molecule has 1 rings (SSSR count). The molecule has 0 amide bonds. The molecule has 1 heterocycles.